The molecule has 0 heterocycles. The van der Waals surface area contributed by atoms with E-state index in [1.807, 2.05) is 0 Å². The minimum atomic E-state index is 1.09. The third-order valence-corrected chi connectivity index (χ3v) is 11.4. The molecule has 9 aromatic rings. The Morgan fingerprint density at radius 2 is 0.516 bits per heavy atom. The van der Waals surface area contributed by atoms with Crippen molar-refractivity contribution in [1.82, 2.24) is 0 Å². The zero-order valence-corrected chi connectivity index (χ0v) is 35.1. The summed E-state index contributed by atoms with van der Waals surface area (Å²) in [4.78, 5) is 4.65. The Kier molecular flexibility index (Phi) is 11.8. The Labute approximate surface area is 366 Å². The molecule has 0 aliphatic rings. The molecule has 9 rings (SSSR count). The molecule has 0 fully saturated rings. The standard InChI is InChI=1S/C60H48N2/c1-3-14-45(4-2)48-25-35-58(36-26-48)62(59-37-27-51(28-38-59)47-17-10-6-11-18-47)60-43-33-54(34-44-60)53-31-41-57(42-32-53)61(55-19-12-7-13-20-55)56-39-29-52(30-40-56)50-23-21-49(22-24-50)46-15-8-5-9-16-46/h3-44H,1-2H3. The normalized spacial score (nSPS) is 11.4. The highest BCUT2D eigenvalue weighted by Crippen LogP contribution is 2.39. The molecule has 0 saturated carbocycles. The highest BCUT2D eigenvalue weighted by molar-refractivity contribution is 5.83. The van der Waals surface area contributed by atoms with E-state index in [4.69, 9.17) is 0 Å². The molecule has 0 radical (unpaired) electrons. The molecule has 0 unspecified atom stereocenters. The first kappa shape index (κ1) is 39.5. The van der Waals surface area contributed by atoms with Gasteiger partial charge in [-0.2, -0.15) is 0 Å². The van der Waals surface area contributed by atoms with Crippen LogP contribution in [0.1, 0.15) is 19.4 Å². The quantitative estimate of drug-likeness (QED) is 0.114. The summed E-state index contributed by atoms with van der Waals surface area (Å²) >= 11 is 0. The number of rotatable bonds is 12. The smallest absolute Gasteiger partial charge is 0.0462 e. The first-order valence-electron chi connectivity index (χ1n) is 21.3. The Balaban J connectivity index is 0.987. The van der Waals surface area contributed by atoms with Crippen LogP contribution in [-0.2, 0) is 0 Å². The topological polar surface area (TPSA) is 6.48 Å². The predicted octanol–water partition coefficient (Wildman–Crippen LogP) is 17.3. The van der Waals surface area contributed by atoms with Gasteiger partial charge in [0.1, 0.15) is 0 Å². The van der Waals surface area contributed by atoms with Gasteiger partial charge in [-0.15, -0.1) is 0 Å². The summed E-state index contributed by atoms with van der Waals surface area (Å²) in [5, 5.41) is 0. The van der Waals surface area contributed by atoms with Crippen LogP contribution in [0.3, 0.4) is 0 Å². The number of nitrogens with zero attached hydrogens (tertiary/aromatic N) is 2. The average Bonchev–Trinajstić information content (AvgIpc) is 3.35. The maximum absolute atomic E-state index is 2.33. The number of anilines is 6. The van der Waals surface area contributed by atoms with Gasteiger partial charge in [-0.25, -0.2) is 0 Å². The summed E-state index contributed by atoms with van der Waals surface area (Å²) < 4.78 is 0. The molecule has 0 N–H and O–H groups in total. The van der Waals surface area contributed by atoms with Crippen LogP contribution >= 0.6 is 0 Å². The summed E-state index contributed by atoms with van der Waals surface area (Å²) in [5.41, 5.74) is 18.6. The fraction of sp³-hybridized carbons (Fsp3) is 0.0333. The molecule has 2 heteroatoms. The minimum absolute atomic E-state index is 1.09. The maximum Gasteiger partial charge on any atom is 0.0462 e. The van der Waals surface area contributed by atoms with E-state index < -0.39 is 0 Å². The SMILES string of the molecule is CC=CC(=CC)c1ccc(N(c2ccc(-c3ccccc3)cc2)c2ccc(-c3ccc(N(c4ccccc4)c4ccc(-c5ccc(-c6ccccc6)cc5)cc4)cc3)cc2)cc1. The lowest BCUT2D eigenvalue weighted by Crippen LogP contribution is -2.10. The van der Waals surface area contributed by atoms with Crippen LogP contribution in [-0.4, -0.2) is 0 Å². The summed E-state index contributed by atoms with van der Waals surface area (Å²) in [6.45, 7) is 4.15. The van der Waals surface area contributed by atoms with Gasteiger partial charge in [0, 0.05) is 34.1 Å². The first-order chi connectivity index (χ1) is 30.6. The average molecular weight is 797 g/mol. The van der Waals surface area contributed by atoms with E-state index in [0.717, 1.165) is 45.3 Å². The molecular weight excluding hydrogens is 749 g/mol. The second kappa shape index (κ2) is 18.5. The van der Waals surface area contributed by atoms with Crippen LogP contribution in [0.15, 0.2) is 255 Å². The fourth-order valence-corrected chi connectivity index (χ4v) is 8.14. The van der Waals surface area contributed by atoms with Crippen molar-refractivity contribution in [2.45, 2.75) is 13.8 Å². The van der Waals surface area contributed by atoms with Gasteiger partial charge in [0.2, 0.25) is 0 Å². The van der Waals surface area contributed by atoms with Crippen molar-refractivity contribution in [1.29, 1.82) is 0 Å². The molecule has 0 saturated heterocycles. The lowest BCUT2D eigenvalue weighted by Gasteiger charge is -2.26. The molecule has 0 atom stereocenters. The largest absolute Gasteiger partial charge is 0.311 e. The monoisotopic (exact) mass is 796 g/mol. The molecular formula is C60H48N2. The third kappa shape index (κ3) is 8.68. The van der Waals surface area contributed by atoms with Crippen LogP contribution < -0.4 is 9.80 Å². The Morgan fingerprint density at radius 3 is 0.806 bits per heavy atom. The molecule has 9 aromatic carbocycles. The van der Waals surface area contributed by atoms with Gasteiger partial charge in [0.15, 0.2) is 0 Å². The zero-order chi connectivity index (χ0) is 42.1. The Hall–Kier alpha value is -7.94. The summed E-state index contributed by atoms with van der Waals surface area (Å²) in [6.07, 6.45) is 6.40. The van der Waals surface area contributed by atoms with Crippen molar-refractivity contribution in [3.63, 3.8) is 0 Å². The van der Waals surface area contributed by atoms with Gasteiger partial charge in [0.25, 0.3) is 0 Å². The molecule has 298 valence electrons. The van der Waals surface area contributed by atoms with E-state index in [1.165, 1.54) is 44.5 Å². The Morgan fingerprint density at radius 1 is 0.274 bits per heavy atom. The number of hydrogen-bond donors (Lipinski definition) is 0. The van der Waals surface area contributed by atoms with Crippen molar-refractivity contribution in [3.05, 3.63) is 260 Å². The van der Waals surface area contributed by atoms with Gasteiger partial charge in [-0.1, -0.05) is 182 Å². The molecule has 2 nitrogen and oxygen atoms in total. The van der Waals surface area contributed by atoms with E-state index in [-0.39, 0.29) is 0 Å². The van der Waals surface area contributed by atoms with Crippen molar-refractivity contribution in [3.8, 4) is 44.5 Å². The van der Waals surface area contributed by atoms with Crippen LogP contribution in [0.4, 0.5) is 34.1 Å². The highest BCUT2D eigenvalue weighted by atomic mass is 15.1. The first-order valence-corrected chi connectivity index (χ1v) is 21.3. The van der Waals surface area contributed by atoms with E-state index in [0.29, 0.717) is 0 Å². The fourth-order valence-electron chi connectivity index (χ4n) is 8.14. The summed E-state index contributed by atoms with van der Waals surface area (Å²) in [7, 11) is 0. The maximum atomic E-state index is 2.33. The number of hydrogen-bond acceptors (Lipinski definition) is 2. The van der Waals surface area contributed by atoms with Crippen molar-refractivity contribution >= 4 is 39.7 Å². The molecule has 0 aromatic heterocycles. The van der Waals surface area contributed by atoms with Crippen LogP contribution in [0.25, 0.3) is 50.1 Å². The zero-order valence-electron chi connectivity index (χ0n) is 35.1. The van der Waals surface area contributed by atoms with Gasteiger partial charge in [0.05, 0.1) is 0 Å². The van der Waals surface area contributed by atoms with Crippen LogP contribution in [0, 0.1) is 0 Å². The number of benzene rings is 9. The predicted molar refractivity (Wildman–Crippen MR) is 266 cm³/mol. The van der Waals surface area contributed by atoms with Crippen LogP contribution in [0.5, 0.6) is 0 Å². The third-order valence-electron chi connectivity index (χ3n) is 11.4. The summed E-state index contributed by atoms with van der Waals surface area (Å²) in [5.74, 6) is 0. The van der Waals surface area contributed by atoms with Crippen LogP contribution in [0.2, 0.25) is 0 Å². The molecule has 0 aliphatic heterocycles. The lowest BCUT2D eigenvalue weighted by molar-refractivity contribution is 1.28. The second-order valence-electron chi connectivity index (χ2n) is 15.3. The lowest BCUT2D eigenvalue weighted by atomic mass is 10.00. The number of allylic oxidation sites excluding steroid dienone is 4. The number of para-hydroxylation sites is 1. The summed E-state index contributed by atoms with van der Waals surface area (Å²) in [6, 6.07) is 84.9. The van der Waals surface area contributed by atoms with E-state index in [2.05, 4.69) is 278 Å². The highest BCUT2D eigenvalue weighted by Gasteiger charge is 2.16. The molecule has 0 aliphatic carbocycles. The van der Waals surface area contributed by atoms with Gasteiger partial charge < -0.3 is 9.80 Å². The van der Waals surface area contributed by atoms with Crippen molar-refractivity contribution in [2.24, 2.45) is 0 Å². The molecule has 0 amide bonds. The van der Waals surface area contributed by atoms with E-state index in [1.54, 1.807) is 0 Å². The van der Waals surface area contributed by atoms with Crippen molar-refractivity contribution < 1.29 is 0 Å². The molecule has 0 spiro atoms. The molecule has 62 heavy (non-hydrogen) atoms. The minimum Gasteiger partial charge on any atom is -0.311 e. The van der Waals surface area contributed by atoms with Gasteiger partial charge in [-0.05, 0) is 142 Å². The van der Waals surface area contributed by atoms with E-state index in [9.17, 15) is 0 Å². The van der Waals surface area contributed by atoms with Gasteiger partial charge in [-0.3, -0.25) is 0 Å². The van der Waals surface area contributed by atoms with E-state index >= 15 is 0 Å². The van der Waals surface area contributed by atoms with Crippen molar-refractivity contribution in [2.75, 3.05) is 9.80 Å². The second-order valence-corrected chi connectivity index (χ2v) is 15.3. The van der Waals surface area contributed by atoms with Gasteiger partial charge >= 0.3 is 0 Å². The Bertz CT molecular complexity index is 2880. The molecule has 0 bridgehead atoms.